The van der Waals surface area contributed by atoms with Crippen molar-refractivity contribution >= 4 is 10.0 Å². The van der Waals surface area contributed by atoms with Gasteiger partial charge in [-0.15, -0.1) is 0 Å². The summed E-state index contributed by atoms with van der Waals surface area (Å²) in [6, 6.07) is 0. The predicted octanol–water partition coefficient (Wildman–Crippen LogP) is 1.91. The molecule has 0 rings (SSSR count). The molecule has 0 aliphatic heterocycles. The lowest BCUT2D eigenvalue weighted by molar-refractivity contribution is 0.0336. The van der Waals surface area contributed by atoms with E-state index in [0.29, 0.717) is 19.8 Å². The first-order valence-electron chi connectivity index (χ1n) is 6.96. The zero-order valence-corrected chi connectivity index (χ0v) is 13.3. The Kier molecular flexibility index (Phi) is 9.60. The molecule has 0 atom stereocenters. The molecule has 116 valence electrons. The molecule has 0 amide bonds. The number of sulfonamides is 1. The summed E-state index contributed by atoms with van der Waals surface area (Å²) in [4.78, 5) is 0. The van der Waals surface area contributed by atoms with E-state index in [1.54, 1.807) is 7.11 Å². The Morgan fingerprint density at radius 3 is 2.11 bits per heavy atom. The van der Waals surface area contributed by atoms with E-state index in [9.17, 15) is 8.42 Å². The standard InChI is InChI=1S/C13H29NO4S/c1-4-7-13(8-5-2,12-19(14,15)16)11-18-10-6-9-17-3/h4-12H2,1-3H3,(H2,14,15,16). The molecule has 0 bridgehead atoms. The molecule has 0 saturated carbocycles. The first-order chi connectivity index (χ1) is 8.89. The lowest BCUT2D eigenvalue weighted by Crippen LogP contribution is -2.37. The summed E-state index contributed by atoms with van der Waals surface area (Å²) in [5, 5.41) is 5.23. The molecular formula is C13H29NO4S. The molecule has 5 nitrogen and oxygen atoms in total. The lowest BCUT2D eigenvalue weighted by atomic mass is 9.82. The Morgan fingerprint density at radius 1 is 1.11 bits per heavy atom. The SMILES string of the molecule is CCCC(CCC)(COCCCOC)CS(N)(=O)=O. The van der Waals surface area contributed by atoms with Crippen LogP contribution in [0, 0.1) is 5.41 Å². The van der Waals surface area contributed by atoms with Gasteiger partial charge >= 0.3 is 0 Å². The Balaban J connectivity index is 4.52. The average molecular weight is 295 g/mol. The maximum atomic E-state index is 11.4. The molecule has 0 heterocycles. The van der Waals surface area contributed by atoms with Crippen molar-refractivity contribution in [2.45, 2.75) is 46.0 Å². The van der Waals surface area contributed by atoms with Crippen molar-refractivity contribution in [3.05, 3.63) is 0 Å². The van der Waals surface area contributed by atoms with E-state index in [-0.39, 0.29) is 11.2 Å². The number of nitrogens with two attached hydrogens (primary N) is 1. The fourth-order valence-corrected chi connectivity index (χ4v) is 3.76. The van der Waals surface area contributed by atoms with Gasteiger partial charge in [0, 0.05) is 25.7 Å². The highest BCUT2D eigenvalue weighted by Gasteiger charge is 2.33. The van der Waals surface area contributed by atoms with Gasteiger partial charge in [0.05, 0.1) is 12.4 Å². The molecule has 0 radical (unpaired) electrons. The minimum Gasteiger partial charge on any atom is -0.385 e. The summed E-state index contributed by atoms with van der Waals surface area (Å²) in [5.41, 5.74) is -0.343. The van der Waals surface area contributed by atoms with E-state index in [0.717, 1.165) is 32.1 Å². The van der Waals surface area contributed by atoms with Crippen LogP contribution in [0.1, 0.15) is 46.0 Å². The first-order valence-corrected chi connectivity index (χ1v) is 8.68. The molecule has 0 spiro atoms. The van der Waals surface area contributed by atoms with Crippen LogP contribution in [0.5, 0.6) is 0 Å². The summed E-state index contributed by atoms with van der Waals surface area (Å²) in [6.07, 6.45) is 4.32. The molecule has 0 aromatic rings. The maximum absolute atomic E-state index is 11.4. The quantitative estimate of drug-likeness (QED) is 0.558. The largest absolute Gasteiger partial charge is 0.385 e. The molecule has 2 N–H and O–H groups in total. The second-order valence-electron chi connectivity index (χ2n) is 5.21. The van der Waals surface area contributed by atoms with Gasteiger partial charge < -0.3 is 9.47 Å². The van der Waals surface area contributed by atoms with E-state index < -0.39 is 10.0 Å². The van der Waals surface area contributed by atoms with Gasteiger partial charge in [0.1, 0.15) is 0 Å². The minimum atomic E-state index is -3.48. The fraction of sp³-hybridized carbons (Fsp3) is 1.00. The molecular weight excluding hydrogens is 266 g/mol. The second kappa shape index (κ2) is 9.69. The first kappa shape index (κ1) is 18.8. The molecule has 0 fully saturated rings. The number of rotatable bonds is 12. The van der Waals surface area contributed by atoms with Crippen LogP contribution in [0.2, 0.25) is 0 Å². The fourth-order valence-electron chi connectivity index (χ4n) is 2.54. The van der Waals surface area contributed by atoms with Crippen molar-refractivity contribution in [1.29, 1.82) is 0 Å². The highest BCUT2D eigenvalue weighted by molar-refractivity contribution is 7.89. The van der Waals surface area contributed by atoms with Gasteiger partial charge in [0.25, 0.3) is 0 Å². The van der Waals surface area contributed by atoms with Crippen molar-refractivity contribution < 1.29 is 17.9 Å². The molecule has 0 aliphatic carbocycles. The van der Waals surface area contributed by atoms with Gasteiger partial charge in [0.2, 0.25) is 10.0 Å². The van der Waals surface area contributed by atoms with Crippen molar-refractivity contribution in [1.82, 2.24) is 0 Å². The van der Waals surface area contributed by atoms with Gasteiger partial charge in [0.15, 0.2) is 0 Å². The Hall–Kier alpha value is -0.170. The zero-order chi connectivity index (χ0) is 14.8. The number of hydrogen-bond donors (Lipinski definition) is 1. The highest BCUT2D eigenvalue weighted by atomic mass is 32.2. The summed E-state index contributed by atoms with van der Waals surface area (Å²) in [5.74, 6) is 0.00591. The summed E-state index contributed by atoms with van der Waals surface area (Å²) >= 11 is 0. The van der Waals surface area contributed by atoms with Crippen LogP contribution >= 0.6 is 0 Å². The number of methoxy groups -OCH3 is 1. The van der Waals surface area contributed by atoms with Crippen LogP contribution in [0.3, 0.4) is 0 Å². The van der Waals surface area contributed by atoms with Gasteiger partial charge in [-0.05, 0) is 19.3 Å². The van der Waals surface area contributed by atoms with Gasteiger partial charge in [-0.1, -0.05) is 26.7 Å². The predicted molar refractivity (Wildman–Crippen MR) is 77.5 cm³/mol. The number of hydrogen-bond acceptors (Lipinski definition) is 4. The van der Waals surface area contributed by atoms with E-state index in [4.69, 9.17) is 14.6 Å². The van der Waals surface area contributed by atoms with E-state index >= 15 is 0 Å². The third kappa shape index (κ3) is 9.38. The monoisotopic (exact) mass is 295 g/mol. The molecule has 0 saturated heterocycles. The van der Waals surface area contributed by atoms with Crippen LogP contribution in [0.25, 0.3) is 0 Å². The van der Waals surface area contributed by atoms with Crippen molar-refractivity contribution in [3.8, 4) is 0 Å². The Bertz CT molecular complexity index is 311. The third-order valence-electron chi connectivity index (χ3n) is 3.11. The smallest absolute Gasteiger partial charge is 0.209 e. The molecule has 0 unspecified atom stereocenters. The molecule has 19 heavy (non-hydrogen) atoms. The van der Waals surface area contributed by atoms with Crippen LogP contribution in [-0.2, 0) is 19.5 Å². The van der Waals surface area contributed by atoms with Gasteiger partial charge in [-0.3, -0.25) is 0 Å². The average Bonchev–Trinajstić information content (AvgIpc) is 2.27. The Morgan fingerprint density at radius 2 is 1.68 bits per heavy atom. The number of primary sulfonamides is 1. The molecule has 0 aromatic heterocycles. The van der Waals surface area contributed by atoms with Crippen LogP contribution in [0.15, 0.2) is 0 Å². The van der Waals surface area contributed by atoms with E-state index in [1.807, 2.05) is 0 Å². The van der Waals surface area contributed by atoms with Crippen molar-refractivity contribution in [3.63, 3.8) is 0 Å². The summed E-state index contributed by atoms with van der Waals surface area (Å²) in [7, 11) is -1.83. The van der Waals surface area contributed by atoms with E-state index in [1.165, 1.54) is 0 Å². The third-order valence-corrected chi connectivity index (χ3v) is 4.13. The highest BCUT2D eigenvalue weighted by Crippen LogP contribution is 2.31. The Labute approximate surface area is 117 Å². The topological polar surface area (TPSA) is 78.6 Å². The van der Waals surface area contributed by atoms with Crippen LogP contribution < -0.4 is 5.14 Å². The minimum absolute atomic E-state index is 0.00591. The van der Waals surface area contributed by atoms with Crippen LogP contribution in [-0.4, -0.2) is 41.1 Å². The van der Waals surface area contributed by atoms with E-state index in [2.05, 4.69) is 13.8 Å². The molecule has 0 aliphatic rings. The molecule has 6 heteroatoms. The van der Waals surface area contributed by atoms with Gasteiger partial charge in [-0.2, -0.15) is 0 Å². The molecule has 0 aromatic carbocycles. The van der Waals surface area contributed by atoms with Crippen LogP contribution in [0.4, 0.5) is 0 Å². The number of ether oxygens (including phenoxy) is 2. The summed E-state index contributed by atoms with van der Waals surface area (Å²) in [6.45, 7) is 5.81. The maximum Gasteiger partial charge on any atom is 0.209 e. The van der Waals surface area contributed by atoms with Crippen molar-refractivity contribution in [2.24, 2.45) is 10.6 Å². The lowest BCUT2D eigenvalue weighted by Gasteiger charge is -2.32. The summed E-state index contributed by atoms with van der Waals surface area (Å²) < 4.78 is 33.5. The van der Waals surface area contributed by atoms with Gasteiger partial charge in [-0.25, -0.2) is 13.6 Å². The second-order valence-corrected chi connectivity index (χ2v) is 6.82. The normalized spacial score (nSPS) is 12.8. The zero-order valence-electron chi connectivity index (χ0n) is 12.5. The van der Waals surface area contributed by atoms with Crippen molar-refractivity contribution in [2.75, 3.05) is 32.7 Å².